The van der Waals surface area contributed by atoms with E-state index >= 15 is 0 Å². The average molecular weight is 589 g/mol. The van der Waals surface area contributed by atoms with Crippen molar-refractivity contribution in [2.75, 3.05) is 20.3 Å². The molecule has 1 fully saturated rings. The van der Waals surface area contributed by atoms with Gasteiger partial charge in [-0.15, -0.1) is 0 Å². The van der Waals surface area contributed by atoms with Crippen molar-refractivity contribution < 1.29 is 19.1 Å². The summed E-state index contributed by atoms with van der Waals surface area (Å²) in [6.07, 6.45) is 7.59. The highest BCUT2D eigenvalue weighted by atomic mass is 35.5. The highest BCUT2D eigenvalue weighted by Crippen LogP contribution is 2.36. The summed E-state index contributed by atoms with van der Waals surface area (Å²) in [6, 6.07) is 12.1. The molecule has 1 saturated heterocycles. The van der Waals surface area contributed by atoms with Gasteiger partial charge in [-0.25, -0.2) is 0 Å². The zero-order valence-corrected chi connectivity index (χ0v) is 24.5. The van der Waals surface area contributed by atoms with Crippen LogP contribution in [0.1, 0.15) is 49.3 Å². The number of carbonyl (C=O) groups is 1. The molecular weight excluding hydrogens is 556 g/mol. The molecule has 2 aromatic carbocycles. The number of ketones is 1. The first kappa shape index (κ1) is 28.2. The predicted octanol–water partition coefficient (Wildman–Crippen LogP) is 5.50. The van der Waals surface area contributed by atoms with Crippen molar-refractivity contribution in [2.45, 2.75) is 50.7 Å². The monoisotopic (exact) mass is 588 g/mol. The second-order valence-electron chi connectivity index (χ2n) is 10.9. The van der Waals surface area contributed by atoms with Crippen LogP contribution in [0.25, 0.3) is 22.0 Å². The van der Waals surface area contributed by atoms with E-state index in [4.69, 9.17) is 25.9 Å². The molecule has 0 N–H and O–H groups in total. The van der Waals surface area contributed by atoms with E-state index in [9.17, 15) is 9.59 Å². The fourth-order valence-corrected chi connectivity index (χ4v) is 6.07. The third-order valence-corrected chi connectivity index (χ3v) is 8.22. The van der Waals surface area contributed by atoms with Gasteiger partial charge in [-0.05, 0) is 54.7 Å². The first-order valence-corrected chi connectivity index (χ1v) is 14.6. The first-order valence-electron chi connectivity index (χ1n) is 14.3. The number of pyridine rings is 1. The van der Waals surface area contributed by atoms with E-state index in [0.29, 0.717) is 42.4 Å². The highest BCUT2D eigenvalue weighted by Gasteiger charge is 2.29. The summed E-state index contributed by atoms with van der Waals surface area (Å²) in [5.74, 6) is 0.391. The summed E-state index contributed by atoms with van der Waals surface area (Å²) in [5.41, 5.74) is 4.33. The number of aromatic nitrogens is 3. The molecule has 4 heterocycles. The maximum absolute atomic E-state index is 14.0. The molecule has 0 radical (unpaired) electrons. The number of benzene rings is 2. The fraction of sp³-hybridized carbons (Fsp3) is 0.375. The van der Waals surface area contributed by atoms with Crippen LogP contribution in [0.5, 0.6) is 5.75 Å². The van der Waals surface area contributed by atoms with E-state index in [1.165, 1.54) is 10.6 Å². The van der Waals surface area contributed by atoms with Crippen molar-refractivity contribution in [1.82, 2.24) is 14.3 Å². The van der Waals surface area contributed by atoms with Gasteiger partial charge in [0, 0.05) is 66.7 Å². The zero-order valence-electron chi connectivity index (χ0n) is 23.7. The largest absolute Gasteiger partial charge is 0.495 e. The number of hydrogen-bond acceptors (Lipinski definition) is 7. The summed E-state index contributed by atoms with van der Waals surface area (Å²) in [4.78, 5) is 33.1. The molecule has 0 bridgehead atoms. The third kappa shape index (κ3) is 5.84. The van der Waals surface area contributed by atoms with Crippen LogP contribution in [0.15, 0.2) is 64.8 Å². The predicted molar refractivity (Wildman–Crippen MR) is 161 cm³/mol. The van der Waals surface area contributed by atoms with E-state index in [1.54, 1.807) is 30.1 Å². The van der Waals surface area contributed by atoms with Crippen LogP contribution in [0.2, 0.25) is 5.02 Å². The lowest BCUT2D eigenvalue weighted by Crippen LogP contribution is -2.34. The molecule has 0 aliphatic carbocycles. The number of Topliss-reactive ketones (excluding diaryl/α,β-unsaturated/α-hetero) is 1. The molecule has 2 aliphatic rings. The van der Waals surface area contributed by atoms with Crippen molar-refractivity contribution in [3.05, 3.63) is 81.4 Å². The van der Waals surface area contributed by atoms with Gasteiger partial charge in [0.05, 0.1) is 36.7 Å². The minimum Gasteiger partial charge on any atom is -0.495 e. The second-order valence-corrected chi connectivity index (χ2v) is 11.3. The van der Waals surface area contributed by atoms with Crippen LogP contribution >= 0.6 is 11.6 Å². The van der Waals surface area contributed by atoms with Crippen LogP contribution in [0.4, 0.5) is 0 Å². The normalized spacial score (nSPS) is 17.6. The van der Waals surface area contributed by atoms with Crippen molar-refractivity contribution in [3.63, 3.8) is 0 Å². The van der Waals surface area contributed by atoms with Crippen LogP contribution in [-0.2, 0) is 27.8 Å². The van der Waals surface area contributed by atoms with Crippen LogP contribution in [-0.4, -0.2) is 52.3 Å². The molecular formula is C32H33ClN4O5. The number of oxime groups is 1. The Hall–Kier alpha value is -3.95. The van der Waals surface area contributed by atoms with E-state index in [0.717, 1.165) is 52.6 Å². The number of fused-ring (bicyclic) bond motifs is 1. The number of hydrogen-bond donors (Lipinski definition) is 0. The van der Waals surface area contributed by atoms with Gasteiger partial charge in [0.15, 0.2) is 5.78 Å². The van der Waals surface area contributed by atoms with E-state index in [-0.39, 0.29) is 23.9 Å². The number of rotatable bonds is 9. The van der Waals surface area contributed by atoms with Gasteiger partial charge in [0.2, 0.25) is 0 Å². The Morgan fingerprint density at radius 1 is 1.10 bits per heavy atom. The molecule has 2 aliphatic heterocycles. The Balaban J connectivity index is 1.39. The molecule has 2 aromatic heterocycles. The molecule has 0 amide bonds. The summed E-state index contributed by atoms with van der Waals surface area (Å²) >= 11 is 6.40. The minimum atomic E-state index is -0.723. The van der Waals surface area contributed by atoms with Crippen molar-refractivity contribution >= 4 is 34.0 Å². The molecule has 0 spiro atoms. The Kier molecular flexibility index (Phi) is 8.13. The molecule has 1 unspecified atom stereocenters. The SMILES string of the molecule is COc1cn(C(C[C@@H]2CCCCO2)C(=O)Cc2ccc3nn(C)cc3c2)c(=O)cc1-c1cc(Cl)ccc1C1=NOCC1. The fourth-order valence-electron chi connectivity index (χ4n) is 5.90. The Morgan fingerprint density at radius 3 is 2.74 bits per heavy atom. The van der Waals surface area contributed by atoms with Gasteiger partial charge in [0.25, 0.3) is 5.56 Å². The van der Waals surface area contributed by atoms with Crippen LogP contribution in [0, 0.1) is 0 Å². The number of aryl methyl sites for hydroxylation is 1. The molecule has 10 heteroatoms. The lowest BCUT2D eigenvalue weighted by atomic mass is 9.94. The van der Waals surface area contributed by atoms with Gasteiger partial charge < -0.3 is 18.9 Å². The molecule has 42 heavy (non-hydrogen) atoms. The molecule has 6 rings (SSSR count). The van der Waals surface area contributed by atoms with E-state index in [2.05, 4.69) is 10.3 Å². The minimum absolute atomic E-state index is 0.0646. The topological polar surface area (TPSA) is 96.9 Å². The molecule has 4 aromatic rings. The molecule has 9 nitrogen and oxygen atoms in total. The van der Waals surface area contributed by atoms with Crippen LogP contribution < -0.4 is 10.3 Å². The lowest BCUT2D eigenvalue weighted by molar-refractivity contribution is -0.123. The number of nitrogens with zero attached hydrogens (tertiary/aromatic N) is 4. The molecule has 218 valence electrons. The molecule has 2 atom stereocenters. The number of carbonyl (C=O) groups excluding carboxylic acids is 1. The van der Waals surface area contributed by atoms with Gasteiger partial charge >= 0.3 is 0 Å². The maximum atomic E-state index is 14.0. The number of methoxy groups -OCH3 is 1. The van der Waals surface area contributed by atoms with Crippen LogP contribution in [0.3, 0.4) is 0 Å². The number of ether oxygens (including phenoxy) is 2. The van der Waals surface area contributed by atoms with Crippen molar-refractivity contribution in [2.24, 2.45) is 12.2 Å². The quantitative estimate of drug-likeness (QED) is 0.256. The number of halogens is 1. The maximum Gasteiger partial charge on any atom is 0.252 e. The van der Waals surface area contributed by atoms with Gasteiger partial charge in [-0.3, -0.25) is 14.3 Å². The van der Waals surface area contributed by atoms with E-state index < -0.39 is 6.04 Å². The average Bonchev–Trinajstić information content (AvgIpc) is 3.65. The lowest BCUT2D eigenvalue weighted by Gasteiger charge is -2.28. The van der Waals surface area contributed by atoms with Gasteiger partial charge in [0.1, 0.15) is 12.4 Å². The second kappa shape index (κ2) is 12.1. The summed E-state index contributed by atoms with van der Waals surface area (Å²) in [7, 11) is 3.42. The Bertz CT molecular complexity index is 1720. The van der Waals surface area contributed by atoms with Gasteiger partial charge in [-0.2, -0.15) is 5.10 Å². The van der Waals surface area contributed by atoms with Crippen molar-refractivity contribution in [1.29, 1.82) is 0 Å². The smallest absolute Gasteiger partial charge is 0.252 e. The summed E-state index contributed by atoms with van der Waals surface area (Å²) in [5, 5.41) is 10.1. The van der Waals surface area contributed by atoms with E-state index in [1.807, 2.05) is 37.5 Å². The van der Waals surface area contributed by atoms with Crippen molar-refractivity contribution in [3.8, 4) is 16.9 Å². The Morgan fingerprint density at radius 2 is 1.98 bits per heavy atom. The highest BCUT2D eigenvalue weighted by molar-refractivity contribution is 6.31. The zero-order chi connectivity index (χ0) is 29.2. The van der Waals surface area contributed by atoms with Gasteiger partial charge in [-0.1, -0.05) is 28.9 Å². The Labute approximate surface area is 248 Å². The summed E-state index contributed by atoms with van der Waals surface area (Å²) in [6.45, 7) is 1.16. The first-order chi connectivity index (χ1) is 20.4. The molecule has 0 saturated carbocycles. The standard InChI is InChI=1S/C32H33ClN4O5/c1-36-18-21-13-20(6-9-27(21)34-36)14-30(38)29(16-23-5-3-4-11-41-23)37-19-31(40-2)26(17-32(37)39)25-15-22(33)7-8-24(25)28-10-12-42-35-28/h6-9,13,15,17-19,23,29H,3-5,10-12,14,16H2,1-2H3/t23-,29?/m0/s1. The third-order valence-electron chi connectivity index (χ3n) is 7.98. The summed E-state index contributed by atoms with van der Waals surface area (Å²) < 4.78 is 15.1.